The summed E-state index contributed by atoms with van der Waals surface area (Å²) < 4.78 is 0. The van der Waals surface area contributed by atoms with E-state index in [1.807, 2.05) is 5.38 Å². The molecule has 0 aromatic carbocycles. The molecule has 5 nitrogen and oxygen atoms in total. The van der Waals surface area contributed by atoms with E-state index >= 15 is 0 Å². The zero-order chi connectivity index (χ0) is 14.8. The van der Waals surface area contributed by atoms with Crippen molar-refractivity contribution in [2.45, 2.75) is 32.1 Å². The molecule has 0 saturated heterocycles. The molecule has 0 radical (unpaired) electrons. The molecular weight excluding hydrogens is 306 g/mol. The largest absolute Gasteiger partial charge is 0.369 e. The first-order valence-electron chi connectivity index (χ1n) is 6.77. The first kappa shape index (κ1) is 14.2. The van der Waals surface area contributed by atoms with E-state index in [-0.39, 0.29) is 12.3 Å². The zero-order valence-electron chi connectivity index (χ0n) is 11.3. The molecule has 0 atom stereocenters. The number of fused-ring (bicyclic) bond motifs is 1. The van der Waals surface area contributed by atoms with Crippen molar-refractivity contribution in [1.82, 2.24) is 4.98 Å². The van der Waals surface area contributed by atoms with Gasteiger partial charge in [-0.15, -0.1) is 22.7 Å². The van der Waals surface area contributed by atoms with Crippen molar-refractivity contribution in [1.29, 1.82) is 0 Å². The van der Waals surface area contributed by atoms with Crippen molar-refractivity contribution in [3.05, 3.63) is 32.5 Å². The Morgan fingerprint density at radius 1 is 1.24 bits per heavy atom. The highest BCUT2D eigenvalue weighted by molar-refractivity contribution is 7.14. The van der Waals surface area contributed by atoms with E-state index in [2.05, 4.69) is 10.3 Å². The monoisotopic (exact) mass is 321 g/mol. The lowest BCUT2D eigenvalue weighted by atomic mass is 9.96. The predicted molar refractivity (Wildman–Crippen MR) is 83.9 cm³/mol. The van der Waals surface area contributed by atoms with Crippen LogP contribution in [0.1, 0.15) is 39.3 Å². The van der Waals surface area contributed by atoms with Gasteiger partial charge < -0.3 is 5.73 Å². The van der Waals surface area contributed by atoms with Crippen LogP contribution in [0.25, 0.3) is 0 Å². The summed E-state index contributed by atoms with van der Waals surface area (Å²) in [7, 11) is 0. The Balaban J connectivity index is 1.73. The van der Waals surface area contributed by atoms with E-state index in [1.165, 1.54) is 28.2 Å². The fourth-order valence-electron chi connectivity index (χ4n) is 2.47. The molecule has 1 aliphatic carbocycles. The topological polar surface area (TPSA) is 85.1 Å². The first-order chi connectivity index (χ1) is 10.1. The number of hydrogen-bond acceptors (Lipinski definition) is 5. The normalized spacial score (nSPS) is 13.7. The number of carbonyl (C=O) groups is 2. The second-order valence-electron chi connectivity index (χ2n) is 5.00. The van der Waals surface area contributed by atoms with Gasteiger partial charge in [0.15, 0.2) is 5.13 Å². The maximum Gasteiger partial charge on any atom is 0.258 e. The maximum atomic E-state index is 12.3. The molecule has 0 spiro atoms. The lowest BCUT2D eigenvalue weighted by Crippen LogP contribution is -2.15. The molecule has 2 amide bonds. The van der Waals surface area contributed by atoms with Crippen LogP contribution in [0.5, 0.6) is 0 Å². The van der Waals surface area contributed by atoms with Gasteiger partial charge in [0.25, 0.3) is 5.91 Å². The molecule has 2 heterocycles. The third-order valence-corrected chi connectivity index (χ3v) is 5.33. The molecular formula is C14H15N3O2S2. The van der Waals surface area contributed by atoms with Crippen LogP contribution in [0, 0.1) is 0 Å². The molecule has 1 aliphatic rings. The second kappa shape index (κ2) is 5.95. The highest BCUT2D eigenvalue weighted by Gasteiger charge is 2.20. The number of hydrogen-bond donors (Lipinski definition) is 2. The molecule has 0 bridgehead atoms. The molecule has 3 rings (SSSR count). The van der Waals surface area contributed by atoms with Gasteiger partial charge in [0.2, 0.25) is 5.91 Å². The number of aryl methyl sites for hydroxylation is 1. The second-order valence-corrected chi connectivity index (χ2v) is 6.82. The highest BCUT2D eigenvalue weighted by Crippen LogP contribution is 2.30. The summed E-state index contributed by atoms with van der Waals surface area (Å²) in [4.78, 5) is 28.7. The van der Waals surface area contributed by atoms with Gasteiger partial charge >= 0.3 is 0 Å². The van der Waals surface area contributed by atoms with E-state index in [4.69, 9.17) is 5.73 Å². The van der Waals surface area contributed by atoms with Gasteiger partial charge in [-0.25, -0.2) is 4.98 Å². The number of rotatable bonds is 4. The minimum absolute atomic E-state index is 0.0974. The van der Waals surface area contributed by atoms with E-state index in [1.54, 1.807) is 16.7 Å². The van der Waals surface area contributed by atoms with Crippen LogP contribution in [0.4, 0.5) is 5.13 Å². The van der Waals surface area contributed by atoms with Crippen molar-refractivity contribution in [2.24, 2.45) is 5.73 Å². The standard InChI is InChI=1S/C14H15N3O2S2/c15-12(18)5-8-6-21-14(16-8)17-13(19)10-7-20-11-4-2-1-3-9(10)11/h6-7H,1-5H2,(H2,15,18)(H,16,17,19). The number of nitrogens with one attached hydrogen (secondary N) is 1. The number of aromatic nitrogens is 1. The summed E-state index contributed by atoms with van der Waals surface area (Å²) in [5.41, 5.74) is 7.68. The van der Waals surface area contributed by atoms with Gasteiger partial charge in [0.05, 0.1) is 17.7 Å². The summed E-state index contributed by atoms with van der Waals surface area (Å²) in [6.07, 6.45) is 4.50. The minimum Gasteiger partial charge on any atom is -0.369 e. The van der Waals surface area contributed by atoms with Crippen molar-refractivity contribution < 1.29 is 9.59 Å². The summed E-state index contributed by atoms with van der Waals surface area (Å²) >= 11 is 2.97. The molecule has 2 aromatic heterocycles. The Kier molecular flexibility index (Phi) is 4.03. The maximum absolute atomic E-state index is 12.3. The zero-order valence-corrected chi connectivity index (χ0v) is 13.0. The fraction of sp³-hybridized carbons (Fsp3) is 0.357. The number of anilines is 1. The van der Waals surface area contributed by atoms with Crippen LogP contribution in [0.2, 0.25) is 0 Å². The van der Waals surface area contributed by atoms with Gasteiger partial charge in [0, 0.05) is 15.6 Å². The number of thiophene rings is 1. The molecule has 7 heteroatoms. The molecule has 0 unspecified atom stereocenters. The number of amides is 2. The van der Waals surface area contributed by atoms with Crippen LogP contribution in [-0.2, 0) is 24.1 Å². The van der Waals surface area contributed by atoms with Crippen molar-refractivity contribution in [2.75, 3.05) is 5.32 Å². The lowest BCUT2D eigenvalue weighted by molar-refractivity contribution is -0.117. The van der Waals surface area contributed by atoms with Crippen LogP contribution in [-0.4, -0.2) is 16.8 Å². The fourth-order valence-corrected chi connectivity index (χ4v) is 4.30. The van der Waals surface area contributed by atoms with E-state index < -0.39 is 5.91 Å². The Labute approximate surface area is 130 Å². The van der Waals surface area contributed by atoms with E-state index in [0.717, 1.165) is 24.8 Å². The van der Waals surface area contributed by atoms with E-state index in [9.17, 15) is 9.59 Å². The third kappa shape index (κ3) is 3.14. The number of thiazole rings is 1. The summed E-state index contributed by atoms with van der Waals surface area (Å²) in [5.74, 6) is -0.542. The third-order valence-electron chi connectivity index (χ3n) is 3.43. The van der Waals surface area contributed by atoms with Gasteiger partial charge in [-0.05, 0) is 31.2 Å². The Hall–Kier alpha value is -1.73. The number of carbonyl (C=O) groups excluding carboxylic acids is 2. The average Bonchev–Trinajstić information content (AvgIpc) is 3.04. The number of nitrogens with two attached hydrogens (primary N) is 1. The predicted octanol–water partition coefficient (Wildman–Crippen LogP) is 2.36. The SMILES string of the molecule is NC(=O)Cc1csc(NC(=O)c2csc3c2CCCC3)n1. The highest BCUT2D eigenvalue weighted by atomic mass is 32.1. The van der Waals surface area contributed by atoms with Crippen molar-refractivity contribution in [3.63, 3.8) is 0 Å². The van der Waals surface area contributed by atoms with Gasteiger partial charge in [-0.3, -0.25) is 14.9 Å². The van der Waals surface area contributed by atoms with Gasteiger partial charge in [-0.2, -0.15) is 0 Å². The Morgan fingerprint density at radius 2 is 2.05 bits per heavy atom. The molecule has 0 saturated carbocycles. The van der Waals surface area contributed by atoms with Crippen molar-refractivity contribution >= 4 is 39.6 Å². The quantitative estimate of drug-likeness (QED) is 0.906. The molecule has 2 aromatic rings. The molecule has 0 aliphatic heterocycles. The lowest BCUT2D eigenvalue weighted by Gasteiger charge is -2.12. The first-order valence-corrected chi connectivity index (χ1v) is 8.52. The Bertz CT molecular complexity index is 690. The minimum atomic E-state index is -0.426. The van der Waals surface area contributed by atoms with Gasteiger partial charge in [-0.1, -0.05) is 0 Å². The van der Waals surface area contributed by atoms with Gasteiger partial charge in [0.1, 0.15) is 0 Å². The molecule has 21 heavy (non-hydrogen) atoms. The Morgan fingerprint density at radius 3 is 2.86 bits per heavy atom. The van der Waals surface area contributed by atoms with E-state index in [0.29, 0.717) is 10.8 Å². The average molecular weight is 321 g/mol. The summed E-state index contributed by atoms with van der Waals surface area (Å²) in [6, 6.07) is 0. The van der Waals surface area contributed by atoms with Crippen LogP contribution < -0.4 is 11.1 Å². The van der Waals surface area contributed by atoms with Crippen LogP contribution >= 0.6 is 22.7 Å². The van der Waals surface area contributed by atoms with Crippen molar-refractivity contribution in [3.8, 4) is 0 Å². The summed E-state index contributed by atoms with van der Waals surface area (Å²) in [6.45, 7) is 0. The number of primary amides is 1. The van der Waals surface area contributed by atoms with Crippen LogP contribution in [0.15, 0.2) is 10.8 Å². The molecule has 110 valence electrons. The smallest absolute Gasteiger partial charge is 0.258 e. The molecule has 0 fully saturated rings. The molecule has 3 N–H and O–H groups in total. The number of nitrogens with zero attached hydrogens (tertiary/aromatic N) is 1. The summed E-state index contributed by atoms with van der Waals surface area (Å²) in [5, 5.41) is 6.99. The van der Waals surface area contributed by atoms with Crippen LogP contribution in [0.3, 0.4) is 0 Å².